The van der Waals surface area contributed by atoms with Crippen LogP contribution in [-0.4, -0.2) is 19.3 Å². The lowest BCUT2D eigenvalue weighted by Crippen LogP contribution is -2.35. The molecule has 1 aliphatic heterocycles. The van der Waals surface area contributed by atoms with Crippen LogP contribution in [0, 0.1) is 0 Å². The topological polar surface area (TPSA) is 53.7 Å². The Morgan fingerprint density at radius 3 is 2.68 bits per heavy atom. The van der Waals surface area contributed by atoms with E-state index in [4.69, 9.17) is 19.9 Å². The zero-order valence-electron chi connectivity index (χ0n) is 10.4. The van der Waals surface area contributed by atoms with Crippen LogP contribution in [0.25, 0.3) is 0 Å². The van der Waals surface area contributed by atoms with Gasteiger partial charge in [-0.15, -0.1) is 0 Å². The SMILES string of the molecule is NCC1COc2ccc(Oc3ccccc3)cc2O1. The number of rotatable bonds is 3. The van der Waals surface area contributed by atoms with E-state index >= 15 is 0 Å². The van der Waals surface area contributed by atoms with Gasteiger partial charge >= 0.3 is 0 Å². The zero-order valence-corrected chi connectivity index (χ0v) is 10.4. The van der Waals surface area contributed by atoms with Gasteiger partial charge in [0, 0.05) is 12.6 Å². The highest BCUT2D eigenvalue weighted by molar-refractivity contribution is 5.47. The van der Waals surface area contributed by atoms with Crippen molar-refractivity contribution in [3.8, 4) is 23.0 Å². The van der Waals surface area contributed by atoms with E-state index in [0.29, 0.717) is 24.7 Å². The highest BCUT2D eigenvalue weighted by Gasteiger charge is 2.20. The number of nitrogens with two attached hydrogens (primary N) is 1. The summed E-state index contributed by atoms with van der Waals surface area (Å²) in [6.07, 6.45) is -0.0977. The molecule has 3 rings (SSSR count). The van der Waals surface area contributed by atoms with E-state index < -0.39 is 0 Å². The van der Waals surface area contributed by atoms with Crippen molar-refractivity contribution < 1.29 is 14.2 Å². The molecule has 98 valence electrons. The predicted octanol–water partition coefficient (Wildman–Crippen LogP) is 2.58. The third-order valence-corrected chi connectivity index (χ3v) is 2.88. The zero-order chi connectivity index (χ0) is 13.1. The average Bonchev–Trinajstić information content (AvgIpc) is 2.47. The van der Waals surface area contributed by atoms with E-state index in [2.05, 4.69) is 0 Å². The van der Waals surface area contributed by atoms with Crippen LogP contribution in [0.1, 0.15) is 0 Å². The van der Waals surface area contributed by atoms with E-state index in [1.54, 1.807) is 0 Å². The second kappa shape index (κ2) is 5.20. The molecule has 2 N–H and O–H groups in total. The van der Waals surface area contributed by atoms with Gasteiger partial charge in [0.25, 0.3) is 0 Å². The molecule has 0 spiro atoms. The second-order valence-corrected chi connectivity index (χ2v) is 4.31. The van der Waals surface area contributed by atoms with E-state index in [1.807, 2.05) is 48.5 Å². The lowest BCUT2D eigenvalue weighted by atomic mass is 10.2. The van der Waals surface area contributed by atoms with Gasteiger partial charge in [-0.1, -0.05) is 18.2 Å². The van der Waals surface area contributed by atoms with Crippen LogP contribution in [0.4, 0.5) is 0 Å². The molecule has 19 heavy (non-hydrogen) atoms. The van der Waals surface area contributed by atoms with Crippen molar-refractivity contribution in [1.29, 1.82) is 0 Å². The van der Waals surface area contributed by atoms with Gasteiger partial charge in [0.05, 0.1) is 0 Å². The van der Waals surface area contributed by atoms with Crippen molar-refractivity contribution in [2.75, 3.05) is 13.2 Å². The predicted molar refractivity (Wildman–Crippen MR) is 71.9 cm³/mol. The molecule has 2 aromatic rings. The number of fused-ring (bicyclic) bond motifs is 1. The largest absolute Gasteiger partial charge is 0.486 e. The molecule has 1 heterocycles. The molecule has 2 aromatic carbocycles. The molecule has 0 aliphatic carbocycles. The number of ether oxygens (including phenoxy) is 3. The van der Waals surface area contributed by atoms with Gasteiger partial charge in [0.15, 0.2) is 11.5 Å². The van der Waals surface area contributed by atoms with Crippen LogP contribution in [0.2, 0.25) is 0 Å². The first-order chi connectivity index (χ1) is 9.35. The van der Waals surface area contributed by atoms with Crippen LogP contribution < -0.4 is 19.9 Å². The minimum atomic E-state index is -0.0977. The van der Waals surface area contributed by atoms with E-state index in [1.165, 1.54) is 0 Å². The Hall–Kier alpha value is -2.20. The molecular formula is C15H15NO3. The normalized spacial score (nSPS) is 17.0. The molecule has 1 aliphatic rings. The maximum absolute atomic E-state index is 5.75. The van der Waals surface area contributed by atoms with Crippen molar-refractivity contribution in [2.45, 2.75) is 6.10 Å². The second-order valence-electron chi connectivity index (χ2n) is 4.31. The summed E-state index contributed by atoms with van der Waals surface area (Å²) in [5.41, 5.74) is 5.59. The van der Waals surface area contributed by atoms with E-state index in [-0.39, 0.29) is 6.10 Å². The number of benzene rings is 2. The number of hydrogen-bond acceptors (Lipinski definition) is 4. The van der Waals surface area contributed by atoms with E-state index in [0.717, 1.165) is 11.5 Å². The minimum Gasteiger partial charge on any atom is -0.486 e. The maximum Gasteiger partial charge on any atom is 0.165 e. The van der Waals surface area contributed by atoms with Gasteiger partial charge in [-0.2, -0.15) is 0 Å². The van der Waals surface area contributed by atoms with Gasteiger partial charge in [0.1, 0.15) is 24.2 Å². The Bertz CT molecular complexity index is 557. The first kappa shape index (κ1) is 11.9. The standard InChI is InChI=1S/C15H15NO3/c16-9-13-10-17-14-7-6-12(8-15(14)19-13)18-11-4-2-1-3-5-11/h1-8,13H,9-10,16H2. The number of para-hydroxylation sites is 1. The molecule has 0 aromatic heterocycles. The van der Waals surface area contributed by atoms with Gasteiger partial charge < -0.3 is 19.9 Å². The Balaban J connectivity index is 1.81. The Kier molecular flexibility index (Phi) is 3.25. The van der Waals surface area contributed by atoms with Crippen LogP contribution in [-0.2, 0) is 0 Å². The molecular weight excluding hydrogens is 242 g/mol. The lowest BCUT2D eigenvalue weighted by Gasteiger charge is -2.25. The molecule has 0 amide bonds. The van der Waals surface area contributed by atoms with Crippen molar-refractivity contribution in [3.05, 3.63) is 48.5 Å². The van der Waals surface area contributed by atoms with Crippen molar-refractivity contribution in [2.24, 2.45) is 5.73 Å². The molecule has 0 radical (unpaired) electrons. The fourth-order valence-corrected chi connectivity index (χ4v) is 1.90. The molecule has 1 unspecified atom stereocenters. The number of hydrogen-bond donors (Lipinski definition) is 1. The monoisotopic (exact) mass is 257 g/mol. The smallest absolute Gasteiger partial charge is 0.165 e. The van der Waals surface area contributed by atoms with Gasteiger partial charge in [-0.25, -0.2) is 0 Å². The van der Waals surface area contributed by atoms with Crippen LogP contribution in [0.3, 0.4) is 0 Å². The maximum atomic E-state index is 5.75. The first-order valence-electron chi connectivity index (χ1n) is 6.21. The molecule has 0 bridgehead atoms. The quantitative estimate of drug-likeness (QED) is 0.918. The van der Waals surface area contributed by atoms with Crippen LogP contribution >= 0.6 is 0 Å². The van der Waals surface area contributed by atoms with Gasteiger partial charge in [0.2, 0.25) is 0 Å². The molecule has 0 saturated carbocycles. The molecule has 4 heteroatoms. The molecule has 1 atom stereocenters. The highest BCUT2D eigenvalue weighted by atomic mass is 16.6. The molecule has 4 nitrogen and oxygen atoms in total. The van der Waals surface area contributed by atoms with Gasteiger partial charge in [-0.05, 0) is 24.3 Å². The third kappa shape index (κ3) is 2.63. The summed E-state index contributed by atoms with van der Waals surface area (Å²) in [5, 5.41) is 0. The Morgan fingerprint density at radius 2 is 1.89 bits per heavy atom. The summed E-state index contributed by atoms with van der Waals surface area (Å²) in [5.74, 6) is 2.90. The summed E-state index contributed by atoms with van der Waals surface area (Å²) >= 11 is 0. The van der Waals surface area contributed by atoms with Crippen LogP contribution in [0.5, 0.6) is 23.0 Å². The van der Waals surface area contributed by atoms with Crippen LogP contribution in [0.15, 0.2) is 48.5 Å². The average molecular weight is 257 g/mol. The van der Waals surface area contributed by atoms with E-state index in [9.17, 15) is 0 Å². The minimum absolute atomic E-state index is 0.0977. The molecule has 0 saturated heterocycles. The fraction of sp³-hybridized carbons (Fsp3) is 0.200. The summed E-state index contributed by atoms with van der Waals surface area (Å²) < 4.78 is 17.0. The van der Waals surface area contributed by atoms with Crippen molar-refractivity contribution >= 4 is 0 Å². The summed E-state index contributed by atoms with van der Waals surface area (Å²) in [6, 6.07) is 15.1. The Morgan fingerprint density at radius 1 is 1.05 bits per heavy atom. The summed E-state index contributed by atoms with van der Waals surface area (Å²) in [4.78, 5) is 0. The Labute approximate surface area is 111 Å². The van der Waals surface area contributed by atoms with Crippen molar-refractivity contribution in [3.63, 3.8) is 0 Å². The summed E-state index contributed by atoms with van der Waals surface area (Å²) in [7, 11) is 0. The molecule has 0 fully saturated rings. The fourth-order valence-electron chi connectivity index (χ4n) is 1.90. The summed E-state index contributed by atoms with van der Waals surface area (Å²) in [6.45, 7) is 0.922. The van der Waals surface area contributed by atoms with Gasteiger partial charge in [-0.3, -0.25) is 0 Å². The van der Waals surface area contributed by atoms with Crippen molar-refractivity contribution in [1.82, 2.24) is 0 Å². The highest BCUT2D eigenvalue weighted by Crippen LogP contribution is 2.36. The third-order valence-electron chi connectivity index (χ3n) is 2.88. The first-order valence-corrected chi connectivity index (χ1v) is 6.21. The lowest BCUT2D eigenvalue weighted by molar-refractivity contribution is 0.0965.